The molecule has 108 valence electrons. The molecule has 1 aromatic carbocycles. The molecule has 0 aliphatic heterocycles. The van der Waals surface area contributed by atoms with E-state index in [1.807, 2.05) is 5.43 Å². The van der Waals surface area contributed by atoms with Gasteiger partial charge in [0.15, 0.2) is 0 Å². The number of ketones is 1. The molecule has 20 heavy (non-hydrogen) atoms. The highest BCUT2D eigenvalue weighted by molar-refractivity contribution is 6.03. The number of Topliss-reactive ketones (excluding diaryl/α,β-unsaturated/α-hetero) is 1. The first-order valence-corrected chi connectivity index (χ1v) is 5.42. The smallest absolute Gasteiger partial charge is 0.450 e. The molecule has 0 spiro atoms. The fourth-order valence-electron chi connectivity index (χ4n) is 1.20. The van der Waals surface area contributed by atoms with Crippen LogP contribution in [0.1, 0.15) is 23.7 Å². The number of nitrogens with one attached hydrogen (secondary N) is 1. The van der Waals surface area contributed by atoms with Crippen molar-refractivity contribution in [2.24, 2.45) is 5.10 Å². The van der Waals surface area contributed by atoms with Crippen molar-refractivity contribution in [3.05, 3.63) is 29.8 Å². The number of hydrogen-bond acceptors (Lipinski definition) is 4. The lowest BCUT2D eigenvalue weighted by molar-refractivity contribution is -0.169. The van der Waals surface area contributed by atoms with Crippen molar-refractivity contribution in [2.45, 2.75) is 19.5 Å². The molecule has 0 aliphatic rings. The Kier molecular flexibility index (Phi) is 4.84. The predicted octanol–water partition coefficient (Wildman–Crippen LogP) is 2.02. The van der Waals surface area contributed by atoms with E-state index in [-0.39, 0.29) is 17.0 Å². The van der Waals surface area contributed by atoms with Crippen LogP contribution in [0.3, 0.4) is 0 Å². The molecule has 1 aromatic rings. The van der Waals surface area contributed by atoms with Crippen LogP contribution < -0.4 is 5.43 Å². The first-order valence-electron chi connectivity index (χ1n) is 5.42. The summed E-state index contributed by atoms with van der Waals surface area (Å²) in [6.07, 6.45) is -5.84. The summed E-state index contributed by atoms with van der Waals surface area (Å²) in [6.45, 7) is 1.20. The number of benzene rings is 1. The largest absolute Gasteiger partial charge is 0.508 e. The van der Waals surface area contributed by atoms with E-state index in [0.717, 1.165) is 0 Å². The Hall–Kier alpha value is -2.38. The molecule has 1 amide bonds. The first-order chi connectivity index (χ1) is 9.20. The number of halogens is 3. The zero-order valence-corrected chi connectivity index (χ0v) is 10.4. The van der Waals surface area contributed by atoms with Crippen molar-refractivity contribution in [3.8, 4) is 5.75 Å². The molecule has 0 bridgehead atoms. The van der Waals surface area contributed by atoms with Gasteiger partial charge in [-0.05, 0) is 31.2 Å². The number of amides is 1. The minimum atomic E-state index is -4.92. The average molecular weight is 288 g/mol. The molecule has 0 saturated heterocycles. The summed E-state index contributed by atoms with van der Waals surface area (Å²) < 4.78 is 36.0. The number of alkyl halides is 3. The van der Waals surface area contributed by atoms with Crippen molar-refractivity contribution < 1.29 is 27.9 Å². The third kappa shape index (κ3) is 4.71. The molecule has 0 aliphatic carbocycles. The standard InChI is InChI=1S/C12H11F3N2O3/c1-7(6-10(19)12(13,14)15)16-17-11(20)8-2-4-9(18)5-3-8/h2-5,18H,6H2,1H3,(H,17,20)/b16-7-. The van der Waals surface area contributed by atoms with Crippen molar-refractivity contribution in [1.82, 2.24) is 5.43 Å². The number of rotatable bonds is 4. The number of aromatic hydroxyl groups is 1. The molecule has 2 N–H and O–H groups in total. The Balaban J connectivity index is 2.61. The fourth-order valence-corrected chi connectivity index (χ4v) is 1.20. The third-order valence-corrected chi connectivity index (χ3v) is 2.21. The van der Waals surface area contributed by atoms with E-state index in [0.29, 0.717) is 0 Å². The van der Waals surface area contributed by atoms with Crippen molar-refractivity contribution in [3.63, 3.8) is 0 Å². The van der Waals surface area contributed by atoms with Crippen LogP contribution in [0.5, 0.6) is 5.75 Å². The number of nitrogens with zero attached hydrogens (tertiary/aromatic N) is 1. The molecule has 0 aromatic heterocycles. The molecule has 0 unspecified atom stereocenters. The van der Waals surface area contributed by atoms with Crippen LogP contribution in [0.4, 0.5) is 13.2 Å². The average Bonchev–Trinajstić information content (AvgIpc) is 2.35. The van der Waals surface area contributed by atoms with E-state index in [4.69, 9.17) is 5.11 Å². The summed E-state index contributed by atoms with van der Waals surface area (Å²) >= 11 is 0. The molecular weight excluding hydrogens is 277 g/mol. The Morgan fingerprint density at radius 3 is 2.30 bits per heavy atom. The van der Waals surface area contributed by atoms with E-state index >= 15 is 0 Å². The maximum Gasteiger partial charge on any atom is 0.450 e. The van der Waals surface area contributed by atoms with Gasteiger partial charge in [-0.2, -0.15) is 18.3 Å². The quantitative estimate of drug-likeness (QED) is 0.657. The number of carbonyl (C=O) groups is 2. The number of hydrazone groups is 1. The van der Waals surface area contributed by atoms with Crippen LogP contribution >= 0.6 is 0 Å². The van der Waals surface area contributed by atoms with Gasteiger partial charge in [0.05, 0.1) is 6.42 Å². The summed E-state index contributed by atoms with van der Waals surface area (Å²) in [5.74, 6) is -2.63. The Morgan fingerprint density at radius 1 is 1.25 bits per heavy atom. The summed E-state index contributed by atoms with van der Waals surface area (Å²) in [6, 6.07) is 5.18. The minimum absolute atomic E-state index is 0.0306. The van der Waals surface area contributed by atoms with Gasteiger partial charge < -0.3 is 5.11 Å². The van der Waals surface area contributed by atoms with Gasteiger partial charge in [0.1, 0.15) is 5.75 Å². The van der Waals surface area contributed by atoms with Gasteiger partial charge in [0.2, 0.25) is 5.78 Å². The maximum atomic E-state index is 12.0. The number of carbonyl (C=O) groups excluding carboxylic acids is 2. The van der Waals surface area contributed by atoms with Crippen LogP contribution in [0.2, 0.25) is 0 Å². The second-order valence-electron chi connectivity index (χ2n) is 3.93. The van der Waals surface area contributed by atoms with Gasteiger partial charge in [-0.1, -0.05) is 0 Å². The van der Waals surface area contributed by atoms with E-state index in [1.165, 1.54) is 31.2 Å². The Bertz CT molecular complexity index is 536. The topological polar surface area (TPSA) is 78.8 Å². The zero-order valence-electron chi connectivity index (χ0n) is 10.4. The van der Waals surface area contributed by atoms with Gasteiger partial charge in [-0.25, -0.2) is 5.43 Å². The monoisotopic (exact) mass is 288 g/mol. The molecule has 0 radical (unpaired) electrons. The molecular formula is C12H11F3N2O3. The lowest BCUT2D eigenvalue weighted by atomic mass is 10.2. The zero-order chi connectivity index (χ0) is 15.3. The van der Waals surface area contributed by atoms with E-state index in [9.17, 15) is 22.8 Å². The molecule has 0 fully saturated rings. The lowest BCUT2D eigenvalue weighted by Gasteiger charge is -2.05. The Morgan fingerprint density at radius 2 is 1.80 bits per heavy atom. The number of phenols is 1. The van der Waals surface area contributed by atoms with Crippen LogP contribution in [0, 0.1) is 0 Å². The highest BCUT2D eigenvalue weighted by atomic mass is 19.4. The number of phenolic OH excluding ortho intramolecular Hbond substituents is 1. The van der Waals surface area contributed by atoms with Gasteiger partial charge in [-0.3, -0.25) is 9.59 Å². The lowest BCUT2D eigenvalue weighted by Crippen LogP contribution is -2.26. The maximum absolute atomic E-state index is 12.0. The third-order valence-electron chi connectivity index (χ3n) is 2.21. The van der Waals surface area contributed by atoms with Crippen LogP contribution in [-0.2, 0) is 4.79 Å². The minimum Gasteiger partial charge on any atom is -0.508 e. The van der Waals surface area contributed by atoms with Gasteiger partial charge >= 0.3 is 6.18 Å². The summed E-state index contributed by atoms with van der Waals surface area (Å²) in [4.78, 5) is 22.2. The van der Waals surface area contributed by atoms with Crippen LogP contribution in [0.25, 0.3) is 0 Å². The van der Waals surface area contributed by atoms with Crippen molar-refractivity contribution in [1.29, 1.82) is 0 Å². The van der Waals surface area contributed by atoms with E-state index in [1.54, 1.807) is 0 Å². The molecule has 8 heteroatoms. The first kappa shape index (κ1) is 15.7. The molecule has 0 heterocycles. The molecule has 5 nitrogen and oxygen atoms in total. The molecule has 0 atom stereocenters. The second-order valence-corrected chi connectivity index (χ2v) is 3.93. The highest BCUT2D eigenvalue weighted by Crippen LogP contribution is 2.18. The normalized spacial score (nSPS) is 12.1. The molecule has 0 saturated carbocycles. The number of hydrogen-bond donors (Lipinski definition) is 2. The predicted molar refractivity (Wildman–Crippen MR) is 64.4 cm³/mol. The highest BCUT2D eigenvalue weighted by Gasteiger charge is 2.37. The van der Waals surface area contributed by atoms with E-state index in [2.05, 4.69) is 5.10 Å². The summed E-state index contributed by atoms with van der Waals surface area (Å²) in [5.41, 5.74) is 2.02. The van der Waals surface area contributed by atoms with E-state index < -0.39 is 24.3 Å². The van der Waals surface area contributed by atoms with Gasteiger partial charge in [0.25, 0.3) is 5.91 Å². The van der Waals surface area contributed by atoms with Gasteiger partial charge in [0, 0.05) is 11.3 Å². The Labute approximate surface area is 112 Å². The van der Waals surface area contributed by atoms with Gasteiger partial charge in [-0.15, -0.1) is 0 Å². The second kappa shape index (κ2) is 6.18. The summed E-state index contributed by atoms with van der Waals surface area (Å²) in [5, 5.41) is 12.4. The van der Waals surface area contributed by atoms with Crippen molar-refractivity contribution >= 4 is 17.4 Å². The van der Waals surface area contributed by atoms with Crippen LogP contribution in [-0.4, -0.2) is 28.7 Å². The molecule has 1 rings (SSSR count). The van der Waals surface area contributed by atoms with Crippen LogP contribution in [0.15, 0.2) is 29.4 Å². The van der Waals surface area contributed by atoms with Crippen molar-refractivity contribution in [2.75, 3.05) is 0 Å². The SMILES string of the molecule is C/C(CC(=O)C(F)(F)F)=N/NC(=O)c1ccc(O)cc1. The fraction of sp³-hybridized carbons (Fsp3) is 0.250. The summed E-state index contributed by atoms with van der Waals surface area (Å²) in [7, 11) is 0.